The lowest BCUT2D eigenvalue weighted by Gasteiger charge is -2.34. The fraction of sp³-hybridized carbons (Fsp3) is 0.423. The fourth-order valence-electron chi connectivity index (χ4n) is 4.67. The van der Waals surface area contributed by atoms with Gasteiger partial charge in [-0.15, -0.1) is 12.4 Å². The Kier molecular flexibility index (Phi) is 10.0. The van der Waals surface area contributed by atoms with Gasteiger partial charge in [-0.1, -0.05) is 12.1 Å². The number of piperidine rings is 1. The lowest BCUT2D eigenvalue weighted by molar-refractivity contribution is 0.138. The van der Waals surface area contributed by atoms with E-state index in [0.29, 0.717) is 29.9 Å². The number of hydrogen-bond donors (Lipinski definition) is 3. The number of aryl methyl sites for hydroxylation is 1. The second-order valence-corrected chi connectivity index (χ2v) is 9.23. The van der Waals surface area contributed by atoms with Gasteiger partial charge in [-0.2, -0.15) is 0 Å². The number of nitrogens with one attached hydrogen (secondary N) is 2. The summed E-state index contributed by atoms with van der Waals surface area (Å²) in [5.74, 6) is 1.63. The molecule has 1 atom stereocenters. The van der Waals surface area contributed by atoms with E-state index in [1.165, 1.54) is 9.13 Å². The highest BCUT2D eigenvalue weighted by atomic mass is 35.5. The van der Waals surface area contributed by atoms with Crippen molar-refractivity contribution in [2.75, 3.05) is 39.9 Å². The minimum absolute atomic E-state index is 0. The largest absolute Gasteiger partial charge is 0.497 e. The summed E-state index contributed by atoms with van der Waals surface area (Å²) in [4.78, 5) is 38.9. The van der Waals surface area contributed by atoms with Crippen LogP contribution < -0.4 is 25.8 Å². The summed E-state index contributed by atoms with van der Waals surface area (Å²) < 4.78 is 13.6. The van der Waals surface area contributed by atoms with Crippen molar-refractivity contribution in [3.63, 3.8) is 0 Å². The first kappa shape index (κ1) is 28.9. The van der Waals surface area contributed by atoms with E-state index in [-0.39, 0.29) is 30.6 Å². The molecule has 2 heterocycles. The highest BCUT2D eigenvalue weighted by Crippen LogP contribution is 2.19. The molecule has 206 valence electrons. The summed E-state index contributed by atoms with van der Waals surface area (Å²) >= 11 is 0. The molecule has 0 radical (unpaired) electrons. The van der Waals surface area contributed by atoms with Crippen molar-refractivity contribution in [3.8, 4) is 11.5 Å². The van der Waals surface area contributed by atoms with Crippen molar-refractivity contribution in [1.29, 1.82) is 0 Å². The number of benzene rings is 2. The number of para-hydroxylation sites is 2. The number of imidazole rings is 1. The molecule has 1 unspecified atom stereocenters. The number of carbonyl (C=O) groups excluding carboxylic acids is 1. The third-order valence-corrected chi connectivity index (χ3v) is 6.73. The minimum atomic E-state index is -1.09. The number of methoxy groups -OCH3 is 1. The topological polar surface area (TPSA) is 127 Å². The Morgan fingerprint density at radius 1 is 1.05 bits per heavy atom. The summed E-state index contributed by atoms with van der Waals surface area (Å²) in [6.45, 7) is 2.74. The Morgan fingerprint density at radius 3 is 2.32 bits per heavy atom. The van der Waals surface area contributed by atoms with Crippen LogP contribution in [0.4, 0.5) is 9.59 Å². The lowest BCUT2D eigenvalue weighted by Crippen LogP contribution is -2.49. The highest BCUT2D eigenvalue weighted by molar-refractivity contribution is 5.89. The molecule has 12 heteroatoms. The minimum Gasteiger partial charge on any atom is -0.497 e. The molecule has 2 aromatic carbocycles. The number of rotatable bonds is 9. The van der Waals surface area contributed by atoms with E-state index in [0.717, 1.165) is 31.7 Å². The summed E-state index contributed by atoms with van der Waals surface area (Å²) in [5.41, 5.74) is 0.912. The standard InChI is InChI=1S/C26H33N5O6.ClH/c1-29-22-5-3-4-6-23(22)31(26(29)35)24(32)27-15-18-11-13-30(14-12-18)16-19(28-25(33)34)17-37-21-9-7-20(36-2)8-10-21;/h3-10,18-19,28H,11-17H2,1-2H3,(H,27,32)(H,33,34);1H. The second-order valence-electron chi connectivity index (χ2n) is 9.23. The van der Waals surface area contributed by atoms with Gasteiger partial charge in [-0.25, -0.2) is 19.0 Å². The number of carbonyl (C=O) groups is 2. The number of likely N-dealkylation sites (tertiary alicyclic amines) is 1. The monoisotopic (exact) mass is 547 g/mol. The summed E-state index contributed by atoms with van der Waals surface area (Å²) in [6, 6.07) is 13.5. The van der Waals surface area contributed by atoms with Gasteiger partial charge in [0.05, 0.1) is 24.2 Å². The number of halogens is 1. The maximum atomic E-state index is 12.8. The zero-order valence-electron chi connectivity index (χ0n) is 21.5. The molecule has 0 spiro atoms. The van der Waals surface area contributed by atoms with Crippen LogP contribution in [0.3, 0.4) is 0 Å². The normalized spacial score (nSPS) is 14.9. The Labute approximate surface area is 226 Å². The zero-order valence-corrected chi connectivity index (χ0v) is 22.3. The molecule has 1 fully saturated rings. The molecule has 1 aromatic heterocycles. The zero-order chi connectivity index (χ0) is 26.4. The van der Waals surface area contributed by atoms with Gasteiger partial charge in [0.15, 0.2) is 0 Å². The van der Waals surface area contributed by atoms with Gasteiger partial charge in [-0.3, -0.25) is 4.57 Å². The maximum absolute atomic E-state index is 12.8. The third-order valence-electron chi connectivity index (χ3n) is 6.73. The van der Waals surface area contributed by atoms with E-state index in [2.05, 4.69) is 15.5 Å². The lowest BCUT2D eigenvalue weighted by atomic mass is 9.96. The average molecular weight is 548 g/mol. The first-order valence-corrected chi connectivity index (χ1v) is 12.3. The predicted molar refractivity (Wildman–Crippen MR) is 146 cm³/mol. The maximum Gasteiger partial charge on any atom is 0.405 e. The molecule has 1 aliphatic heterocycles. The average Bonchev–Trinajstić information content (AvgIpc) is 3.16. The van der Waals surface area contributed by atoms with Crippen LogP contribution in [0.1, 0.15) is 12.8 Å². The van der Waals surface area contributed by atoms with Gasteiger partial charge < -0.3 is 30.1 Å². The molecule has 1 saturated heterocycles. The summed E-state index contributed by atoms with van der Waals surface area (Å²) in [6.07, 6.45) is 0.609. The van der Waals surface area contributed by atoms with Gasteiger partial charge in [0.1, 0.15) is 18.1 Å². The molecular weight excluding hydrogens is 514 g/mol. The number of amides is 2. The van der Waals surface area contributed by atoms with Gasteiger partial charge >= 0.3 is 17.8 Å². The van der Waals surface area contributed by atoms with Gasteiger partial charge in [0, 0.05) is 20.1 Å². The molecular formula is C26H34ClN5O6. The molecule has 11 nitrogen and oxygen atoms in total. The van der Waals surface area contributed by atoms with E-state index in [1.807, 2.05) is 12.1 Å². The number of nitrogens with zero attached hydrogens (tertiary/aromatic N) is 3. The Balaban J connectivity index is 0.00000400. The number of aromatic nitrogens is 2. The van der Waals surface area contributed by atoms with Gasteiger partial charge in [0.25, 0.3) is 0 Å². The van der Waals surface area contributed by atoms with E-state index in [9.17, 15) is 19.5 Å². The van der Waals surface area contributed by atoms with E-state index in [1.54, 1.807) is 50.6 Å². The molecule has 38 heavy (non-hydrogen) atoms. The van der Waals surface area contributed by atoms with Crippen molar-refractivity contribution >= 4 is 35.6 Å². The first-order chi connectivity index (χ1) is 17.9. The van der Waals surface area contributed by atoms with Crippen molar-refractivity contribution in [1.82, 2.24) is 24.7 Å². The van der Waals surface area contributed by atoms with Crippen LogP contribution in [0.2, 0.25) is 0 Å². The Bertz CT molecular complexity index is 1280. The second kappa shape index (κ2) is 13.2. The molecule has 2 amide bonds. The van der Waals surface area contributed by atoms with Crippen LogP contribution in [0.5, 0.6) is 11.5 Å². The number of ether oxygens (including phenoxy) is 2. The SMILES string of the molecule is COc1ccc(OCC(CN2CCC(CNC(=O)n3c(=O)n(C)c4ccccc43)CC2)NC(=O)O)cc1.Cl. The molecule has 3 aromatic rings. The van der Waals surface area contributed by atoms with Crippen molar-refractivity contribution in [3.05, 3.63) is 59.0 Å². The van der Waals surface area contributed by atoms with E-state index < -0.39 is 18.2 Å². The van der Waals surface area contributed by atoms with Gasteiger partial charge in [-0.05, 0) is 68.2 Å². The smallest absolute Gasteiger partial charge is 0.405 e. The number of hydrogen-bond acceptors (Lipinski definition) is 6. The first-order valence-electron chi connectivity index (χ1n) is 12.3. The number of fused-ring (bicyclic) bond motifs is 1. The van der Waals surface area contributed by atoms with Crippen LogP contribution in [-0.4, -0.2) is 77.2 Å². The van der Waals surface area contributed by atoms with Gasteiger partial charge in [0.2, 0.25) is 0 Å². The van der Waals surface area contributed by atoms with Crippen molar-refractivity contribution < 1.29 is 24.2 Å². The van der Waals surface area contributed by atoms with E-state index in [4.69, 9.17) is 9.47 Å². The highest BCUT2D eigenvalue weighted by Gasteiger charge is 2.24. The van der Waals surface area contributed by atoms with Crippen LogP contribution in [0.15, 0.2) is 53.3 Å². The van der Waals surface area contributed by atoms with Crippen molar-refractivity contribution in [2.45, 2.75) is 18.9 Å². The fourth-order valence-corrected chi connectivity index (χ4v) is 4.67. The predicted octanol–water partition coefficient (Wildman–Crippen LogP) is 2.76. The Hall–Kier alpha value is -3.70. The van der Waals surface area contributed by atoms with Crippen LogP contribution >= 0.6 is 12.4 Å². The Morgan fingerprint density at radius 2 is 1.68 bits per heavy atom. The third kappa shape index (κ3) is 6.99. The van der Waals surface area contributed by atoms with Crippen LogP contribution in [0, 0.1) is 5.92 Å². The molecule has 0 saturated carbocycles. The van der Waals surface area contributed by atoms with Crippen LogP contribution in [-0.2, 0) is 7.05 Å². The number of carboxylic acid groups (broad SMARTS) is 1. The molecule has 3 N–H and O–H groups in total. The summed E-state index contributed by atoms with van der Waals surface area (Å²) in [5, 5.41) is 14.7. The van der Waals surface area contributed by atoms with E-state index >= 15 is 0 Å². The van der Waals surface area contributed by atoms with Crippen LogP contribution in [0.25, 0.3) is 11.0 Å². The molecule has 4 rings (SSSR count). The molecule has 0 aliphatic carbocycles. The molecule has 0 bridgehead atoms. The van der Waals surface area contributed by atoms with Crippen molar-refractivity contribution in [2.24, 2.45) is 13.0 Å². The summed E-state index contributed by atoms with van der Waals surface area (Å²) in [7, 11) is 3.24. The quantitative estimate of drug-likeness (QED) is 0.376. The molecule has 1 aliphatic rings.